The highest BCUT2D eigenvalue weighted by Crippen LogP contribution is 2.03. The highest BCUT2D eigenvalue weighted by atomic mass is 35.5. The molecular weight excluding hydrogens is 214 g/mol. The molecule has 0 aliphatic carbocycles. The van der Waals surface area contributed by atoms with Gasteiger partial charge in [0, 0.05) is 18.4 Å². The Morgan fingerprint density at radius 2 is 2.31 bits per heavy atom. The average molecular weight is 226 g/mol. The van der Waals surface area contributed by atoms with Gasteiger partial charge in [-0.1, -0.05) is 0 Å². The van der Waals surface area contributed by atoms with E-state index in [4.69, 9.17) is 5.73 Å². The second kappa shape index (κ2) is 4.59. The Hall–Kier alpha value is -0.590. The summed E-state index contributed by atoms with van der Waals surface area (Å²) in [6.07, 6.45) is 2.86. The van der Waals surface area contributed by atoms with Gasteiger partial charge >= 0.3 is 0 Å². The summed E-state index contributed by atoms with van der Waals surface area (Å²) in [6.45, 7) is 1.64. The van der Waals surface area contributed by atoms with Crippen LogP contribution in [0, 0.1) is 0 Å². The molecule has 0 amide bonds. The van der Waals surface area contributed by atoms with Crippen LogP contribution in [-0.4, -0.2) is 30.2 Å². The van der Waals surface area contributed by atoms with E-state index in [2.05, 4.69) is 9.97 Å². The molecule has 0 aliphatic rings. The van der Waals surface area contributed by atoms with Crippen LogP contribution in [0.25, 0.3) is 0 Å². The Labute approximate surface area is 83.1 Å². The van der Waals surface area contributed by atoms with Crippen LogP contribution in [0.3, 0.4) is 0 Å². The van der Waals surface area contributed by atoms with Gasteiger partial charge in [0.25, 0.3) is 0 Å². The van der Waals surface area contributed by atoms with Gasteiger partial charge in [-0.2, -0.15) is 0 Å². The van der Waals surface area contributed by atoms with Gasteiger partial charge in [-0.25, -0.2) is 13.4 Å². The van der Waals surface area contributed by atoms with E-state index in [1.54, 1.807) is 6.92 Å². The highest BCUT2D eigenvalue weighted by Gasteiger charge is 2.18. The molecule has 5 nitrogen and oxygen atoms in total. The molecule has 0 saturated carbocycles. The zero-order valence-electron chi connectivity index (χ0n) is 7.10. The van der Waals surface area contributed by atoms with Gasteiger partial charge in [-0.15, -0.1) is 12.4 Å². The van der Waals surface area contributed by atoms with Gasteiger partial charge in [0.2, 0.25) is 15.0 Å². The lowest BCUT2D eigenvalue weighted by Crippen LogP contribution is -2.26. The number of hydrogen-bond acceptors (Lipinski definition) is 4. The summed E-state index contributed by atoms with van der Waals surface area (Å²) in [5.74, 6) is -0.0828. The maximum Gasteiger partial charge on any atom is 0.225 e. The summed E-state index contributed by atoms with van der Waals surface area (Å²) in [7, 11) is -3.31. The molecule has 0 fully saturated rings. The van der Waals surface area contributed by atoms with E-state index in [0.717, 1.165) is 0 Å². The Balaban J connectivity index is 0.00000144. The minimum Gasteiger partial charge on any atom is -0.336 e. The number of rotatable bonds is 3. The van der Waals surface area contributed by atoms with Crippen LogP contribution in [0.15, 0.2) is 17.6 Å². The number of nitrogens with one attached hydrogen (secondary N) is 1. The molecule has 1 atom stereocenters. The first-order valence-electron chi connectivity index (χ1n) is 3.50. The van der Waals surface area contributed by atoms with Crippen molar-refractivity contribution >= 4 is 22.2 Å². The van der Waals surface area contributed by atoms with Crippen LogP contribution in [-0.2, 0) is 9.84 Å². The fourth-order valence-corrected chi connectivity index (χ4v) is 2.17. The molecule has 3 N–H and O–H groups in total. The number of hydrogen-bond donors (Lipinski definition) is 2. The molecule has 0 spiro atoms. The number of imidazole rings is 1. The van der Waals surface area contributed by atoms with E-state index < -0.39 is 9.84 Å². The topological polar surface area (TPSA) is 88.8 Å². The number of nitrogens with zero attached hydrogens (tertiary/aromatic N) is 1. The van der Waals surface area contributed by atoms with Crippen LogP contribution < -0.4 is 5.73 Å². The Morgan fingerprint density at radius 1 is 1.69 bits per heavy atom. The third kappa shape index (κ3) is 3.33. The lowest BCUT2D eigenvalue weighted by atomic mass is 10.4. The van der Waals surface area contributed by atoms with Crippen molar-refractivity contribution in [1.29, 1.82) is 0 Å². The van der Waals surface area contributed by atoms with Crippen LogP contribution in [0.4, 0.5) is 0 Å². The van der Waals surface area contributed by atoms with Crippen LogP contribution in [0.1, 0.15) is 6.92 Å². The largest absolute Gasteiger partial charge is 0.336 e. The number of H-pyrrole nitrogens is 1. The first-order chi connectivity index (χ1) is 5.52. The van der Waals surface area contributed by atoms with Crippen molar-refractivity contribution in [2.75, 3.05) is 5.75 Å². The maximum absolute atomic E-state index is 11.3. The molecule has 0 saturated heterocycles. The summed E-state index contributed by atoms with van der Waals surface area (Å²) < 4.78 is 22.7. The summed E-state index contributed by atoms with van der Waals surface area (Å²) in [4.78, 5) is 6.17. The zero-order valence-corrected chi connectivity index (χ0v) is 8.73. The quantitative estimate of drug-likeness (QED) is 0.755. The van der Waals surface area contributed by atoms with Crippen molar-refractivity contribution in [3.8, 4) is 0 Å². The van der Waals surface area contributed by atoms with Gasteiger partial charge in [0.05, 0.1) is 5.75 Å². The standard InChI is InChI=1S/C6H11N3O2S.ClH/c1-5(7)4-12(10,11)6-8-2-3-9-6;/h2-3,5H,4,7H2,1H3,(H,8,9);1H. The molecule has 1 aromatic rings. The predicted octanol–water partition coefficient (Wildman–Crippen LogP) is -0.0476. The maximum atomic E-state index is 11.3. The van der Waals surface area contributed by atoms with Gasteiger partial charge in [-0.3, -0.25) is 0 Å². The second-order valence-corrected chi connectivity index (χ2v) is 4.60. The monoisotopic (exact) mass is 225 g/mol. The van der Waals surface area contributed by atoms with Crippen molar-refractivity contribution in [3.63, 3.8) is 0 Å². The first kappa shape index (κ1) is 12.4. The van der Waals surface area contributed by atoms with Crippen molar-refractivity contribution in [3.05, 3.63) is 12.4 Å². The molecule has 7 heteroatoms. The fourth-order valence-electron chi connectivity index (χ4n) is 0.846. The molecule has 1 unspecified atom stereocenters. The van der Waals surface area contributed by atoms with Crippen molar-refractivity contribution in [1.82, 2.24) is 9.97 Å². The molecule has 1 heterocycles. The summed E-state index contributed by atoms with van der Waals surface area (Å²) in [5.41, 5.74) is 5.36. The zero-order chi connectivity index (χ0) is 9.19. The SMILES string of the molecule is CC(N)CS(=O)(=O)c1ncc[nH]1.Cl. The average Bonchev–Trinajstić information content (AvgIpc) is 2.32. The molecule has 0 aliphatic heterocycles. The number of aromatic amines is 1. The van der Waals surface area contributed by atoms with Gasteiger partial charge in [0.15, 0.2) is 0 Å². The summed E-state index contributed by atoms with van der Waals surface area (Å²) in [5, 5.41) is -0.0141. The number of halogens is 1. The van der Waals surface area contributed by atoms with Crippen LogP contribution >= 0.6 is 12.4 Å². The van der Waals surface area contributed by atoms with Gasteiger partial charge in [-0.05, 0) is 6.92 Å². The molecule has 0 bridgehead atoms. The van der Waals surface area contributed by atoms with E-state index in [1.165, 1.54) is 12.4 Å². The van der Waals surface area contributed by atoms with E-state index in [9.17, 15) is 8.42 Å². The van der Waals surface area contributed by atoms with E-state index in [0.29, 0.717) is 0 Å². The molecular formula is C6H12ClN3O2S. The van der Waals surface area contributed by atoms with Crippen LogP contribution in [0.2, 0.25) is 0 Å². The second-order valence-electron chi connectivity index (χ2n) is 2.65. The summed E-state index contributed by atoms with van der Waals surface area (Å²) >= 11 is 0. The predicted molar refractivity (Wildman–Crippen MR) is 51.5 cm³/mol. The number of aromatic nitrogens is 2. The molecule has 1 rings (SSSR count). The number of nitrogens with two attached hydrogens (primary N) is 1. The number of sulfone groups is 1. The van der Waals surface area contributed by atoms with Crippen molar-refractivity contribution in [2.45, 2.75) is 18.1 Å². The Morgan fingerprint density at radius 3 is 2.69 bits per heavy atom. The van der Waals surface area contributed by atoms with Crippen LogP contribution in [0.5, 0.6) is 0 Å². The Bertz CT molecular complexity index is 333. The minimum absolute atomic E-state index is 0. The Kier molecular flexibility index (Phi) is 4.38. The van der Waals surface area contributed by atoms with E-state index >= 15 is 0 Å². The molecule has 0 radical (unpaired) electrons. The van der Waals surface area contributed by atoms with Gasteiger partial charge < -0.3 is 10.7 Å². The van der Waals surface area contributed by atoms with Crippen molar-refractivity contribution in [2.24, 2.45) is 5.73 Å². The lowest BCUT2D eigenvalue weighted by molar-refractivity contribution is 0.583. The van der Waals surface area contributed by atoms with Crippen molar-refractivity contribution < 1.29 is 8.42 Å². The molecule has 0 aromatic carbocycles. The third-order valence-corrected chi connectivity index (χ3v) is 3.03. The molecule has 1 aromatic heterocycles. The smallest absolute Gasteiger partial charge is 0.225 e. The van der Waals surface area contributed by atoms with E-state index in [1.807, 2.05) is 0 Å². The minimum atomic E-state index is -3.31. The third-order valence-electron chi connectivity index (χ3n) is 1.25. The lowest BCUT2D eigenvalue weighted by Gasteiger charge is -2.03. The highest BCUT2D eigenvalue weighted by molar-refractivity contribution is 7.91. The fraction of sp³-hybridized carbons (Fsp3) is 0.500. The first-order valence-corrected chi connectivity index (χ1v) is 5.15. The normalized spacial score (nSPS) is 13.4. The summed E-state index contributed by atoms with van der Waals surface area (Å²) in [6, 6.07) is -0.375. The molecule has 76 valence electrons. The van der Waals surface area contributed by atoms with E-state index in [-0.39, 0.29) is 29.4 Å². The van der Waals surface area contributed by atoms with Gasteiger partial charge in [0.1, 0.15) is 0 Å². The molecule has 13 heavy (non-hydrogen) atoms.